The predicted octanol–water partition coefficient (Wildman–Crippen LogP) is 4.05. The van der Waals surface area contributed by atoms with Crippen LogP contribution in [0.15, 0.2) is 55.3 Å². The quantitative estimate of drug-likeness (QED) is 0.788. The van der Waals surface area contributed by atoms with Crippen LogP contribution in [0.2, 0.25) is 0 Å². The molecule has 0 aromatic heterocycles. The Morgan fingerprint density at radius 3 is 2.67 bits per heavy atom. The molecule has 112 valence electrons. The normalized spacial score (nSPS) is 18.3. The Morgan fingerprint density at radius 2 is 2.05 bits per heavy atom. The number of hydrogen-bond donors (Lipinski definition) is 2. The van der Waals surface area contributed by atoms with Gasteiger partial charge < -0.3 is 10.6 Å². The topological polar surface area (TPSA) is 24.1 Å². The Hall–Kier alpha value is -1.80. The Kier molecular flexibility index (Phi) is 5.82. The van der Waals surface area contributed by atoms with E-state index in [0.717, 1.165) is 13.0 Å². The summed E-state index contributed by atoms with van der Waals surface area (Å²) in [7, 11) is 2.00. The van der Waals surface area contributed by atoms with E-state index < -0.39 is 0 Å². The molecule has 1 heterocycles. The lowest BCUT2D eigenvalue weighted by Crippen LogP contribution is -2.14. The predicted molar refractivity (Wildman–Crippen MR) is 92.0 cm³/mol. The van der Waals surface area contributed by atoms with Gasteiger partial charge in [0, 0.05) is 0 Å². The van der Waals surface area contributed by atoms with Crippen LogP contribution in [0.3, 0.4) is 0 Å². The average molecular weight is 282 g/mol. The number of rotatable bonds is 7. The summed E-state index contributed by atoms with van der Waals surface area (Å²) in [5.41, 5.74) is 3.78. The van der Waals surface area contributed by atoms with E-state index >= 15 is 0 Å². The summed E-state index contributed by atoms with van der Waals surface area (Å²) in [6, 6.07) is 9.05. The fourth-order valence-electron chi connectivity index (χ4n) is 2.61. The third kappa shape index (κ3) is 4.61. The van der Waals surface area contributed by atoms with Crippen LogP contribution in [0.4, 0.5) is 0 Å². The monoisotopic (exact) mass is 282 g/mol. The first-order chi connectivity index (χ1) is 10.2. The Labute approximate surface area is 128 Å². The van der Waals surface area contributed by atoms with Gasteiger partial charge in [0.25, 0.3) is 0 Å². The van der Waals surface area contributed by atoms with E-state index in [4.69, 9.17) is 0 Å². The lowest BCUT2D eigenvalue weighted by atomic mass is 9.93. The zero-order chi connectivity index (χ0) is 15.1. The molecule has 0 saturated heterocycles. The van der Waals surface area contributed by atoms with Crippen LogP contribution in [0.5, 0.6) is 0 Å². The van der Waals surface area contributed by atoms with Crippen molar-refractivity contribution in [2.24, 2.45) is 5.92 Å². The van der Waals surface area contributed by atoms with Crippen molar-refractivity contribution in [3.05, 3.63) is 66.4 Å². The van der Waals surface area contributed by atoms with Gasteiger partial charge in [0.05, 0.1) is 6.04 Å². The Bertz CT molecular complexity index is 511. The minimum absolute atomic E-state index is 0.284. The van der Waals surface area contributed by atoms with E-state index in [-0.39, 0.29) is 6.04 Å². The minimum Gasteiger partial charge on any atom is -0.381 e. The van der Waals surface area contributed by atoms with E-state index in [2.05, 4.69) is 60.6 Å². The zero-order valence-electron chi connectivity index (χ0n) is 13.1. The molecule has 2 rings (SSSR count). The van der Waals surface area contributed by atoms with Gasteiger partial charge in [-0.2, -0.15) is 0 Å². The fraction of sp³-hybridized carbons (Fsp3) is 0.368. The van der Waals surface area contributed by atoms with Gasteiger partial charge in [-0.1, -0.05) is 49.9 Å². The molecule has 0 aliphatic carbocycles. The first kappa shape index (κ1) is 15.6. The van der Waals surface area contributed by atoms with Gasteiger partial charge in [-0.25, -0.2) is 0 Å². The van der Waals surface area contributed by atoms with Gasteiger partial charge in [0.15, 0.2) is 0 Å². The van der Waals surface area contributed by atoms with Gasteiger partial charge in [0.2, 0.25) is 0 Å². The minimum atomic E-state index is 0.284. The van der Waals surface area contributed by atoms with Gasteiger partial charge in [-0.15, -0.1) is 0 Å². The molecule has 2 unspecified atom stereocenters. The van der Waals surface area contributed by atoms with Crippen molar-refractivity contribution in [1.29, 1.82) is 0 Å². The Morgan fingerprint density at radius 1 is 1.29 bits per heavy atom. The molecular weight excluding hydrogens is 256 g/mol. The van der Waals surface area contributed by atoms with E-state index in [1.807, 2.05) is 19.3 Å². The van der Waals surface area contributed by atoms with Crippen LogP contribution in [-0.2, 0) is 0 Å². The number of dihydropyridines is 1. The van der Waals surface area contributed by atoms with Crippen LogP contribution >= 0.6 is 0 Å². The molecule has 2 atom stereocenters. The summed E-state index contributed by atoms with van der Waals surface area (Å²) in [5, 5.41) is 6.55. The molecule has 2 N–H and O–H groups in total. The highest BCUT2D eigenvalue weighted by Gasteiger charge is 2.09. The molecular formula is C19H26N2. The van der Waals surface area contributed by atoms with E-state index in [1.54, 1.807) is 0 Å². The van der Waals surface area contributed by atoms with Gasteiger partial charge in [-0.3, -0.25) is 0 Å². The number of benzene rings is 1. The molecule has 1 aliphatic rings. The molecule has 0 radical (unpaired) electrons. The maximum atomic E-state index is 4.25. The maximum absolute atomic E-state index is 4.25. The lowest BCUT2D eigenvalue weighted by molar-refractivity contribution is 0.529. The second-order valence-electron chi connectivity index (χ2n) is 5.82. The second-order valence-corrected chi connectivity index (χ2v) is 5.82. The third-order valence-corrected chi connectivity index (χ3v) is 3.95. The van der Waals surface area contributed by atoms with Crippen molar-refractivity contribution >= 4 is 5.57 Å². The van der Waals surface area contributed by atoms with Crippen molar-refractivity contribution in [1.82, 2.24) is 10.6 Å². The van der Waals surface area contributed by atoms with Gasteiger partial charge >= 0.3 is 0 Å². The third-order valence-electron chi connectivity index (χ3n) is 3.95. The number of nitrogens with one attached hydrogen (secondary N) is 2. The zero-order valence-corrected chi connectivity index (χ0v) is 13.1. The Balaban J connectivity index is 1.93. The van der Waals surface area contributed by atoms with Crippen LogP contribution in [0, 0.1) is 5.92 Å². The summed E-state index contributed by atoms with van der Waals surface area (Å²) >= 11 is 0. The SMILES string of the molecule is C=C(CC(C)CCNC)c1ccc(C2C=CC=CN2)cc1. The van der Waals surface area contributed by atoms with Crippen LogP contribution < -0.4 is 10.6 Å². The first-order valence-corrected chi connectivity index (χ1v) is 7.73. The van der Waals surface area contributed by atoms with E-state index in [9.17, 15) is 0 Å². The molecule has 1 aliphatic heterocycles. The molecule has 2 nitrogen and oxygen atoms in total. The smallest absolute Gasteiger partial charge is 0.0695 e. The van der Waals surface area contributed by atoms with E-state index in [1.165, 1.54) is 23.1 Å². The van der Waals surface area contributed by atoms with E-state index in [0.29, 0.717) is 5.92 Å². The van der Waals surface area contributed by atoms with Crippen LogP contribution in [-0.4, -0.2) is 13.6 Å². The fourth-order valence-corrected chi connectivity index (χ4v) is 2.61. The first-order valence-electron chi connectivity index (χ1n) is 7.73. The highest BCUT2D eigenvalue weighted by atomic mass is 14.9. The molecule has 21 heavy (non-hydrogen) atoms. The molecule has 0 fully saturated rings. The summed E-state index contributed by atoms with van der Waals surface area (Å²) in [5.74, 6) is 0.665. The molecule has 1 aromatic carbocycles. The maximum Gasteiger partial charge on any atom is 0.0695 e. The largest absolute Gasteiger partial charge is 0.381 e. The average Bonchev–Trinajstić information content (AvgIpc) is 2.54. The van der Waals surface area contributed by atoms with Gasteiger partial charge in [0.1, 0.15) is 0 Å². The van der Waals surface area contributed by atoms with Crippen molar-refractivity contribution in [3.8, 4) is 0 Å². The van der Waals surface area contributed by atoms with Crippen LogP contribution in [0.25, 0.3) is 5.57 Å². The summed E-state index contributed by atoms with van der Waals surface area (Å²) < 4.78 is 0. The lowest BCUT2D eigenvalue weighted by Gasteiger charge is -2.17. The standard InChI is InChI=1S/C19H26N2/c1-15(11-13-20-3)14-16(2)17-7-9-18(10-8-17)19-6-4-5-12-21-19/h4-10,12,15,19-21H,2,11,13-14H2,1,3H3. The molecule has 1 aromatic rings. The van der Waals surface area contributed by atoms with Crippen molar-refractivity contribution in [3.63, 3.8) is 0 Å². The summed E-state index contributed by atoms with van der Waals surface area (Å²) in [6.07, 6.45) is 10.5. The van der Waals surface area contributed by atoms with Crippen molar-refractivity contribution in [2.45, 2.75) is 25.8 Å². The summed E-state index contributed by atoms with van der Waals surface area (Å²) in [4.78, 5) is 0. The molecule has 0 amide bonds. The summed E-state index contributed by atoms with van der Waals surface area (Å²) in [6.45, 7) is 7.62. The van der Waals surface area contributed by atoms with Crippen molar-refractivity contribution < 1.29 is 0 Å². The van der Waals surface area contributed by atoms with Crippen molar-refractivity contribution in [2.75, 3.05) is 13.6 Å². The second kappa shape index (κ2) is 7.84. The number of allylic oxidation sites excluding steroid dienone is 3. The molecule has 2 heteroatoms. The van der Waals surface area contributed by atoms with Crippen LogP contribution in [0.1, 0.15) is 36.9 Å². The number of hydrogen-bond acceptors (Lipinski definition) is 2. The molecule has 0 bridgehead atoms. The molecule has 0 spiro atoms. The highest BCUT2D eigenvalue weighted by Crippen LogP contribution is 2.24. The highest BCUT2D eigenvalue weighted by molar-refractivity contribution is 5.63. The molecule has 0 saturated carbocycles. The van der Waals surface area contributed by atoms with Gasteiger partial charge in [-0.05, 0) is 61.3 Å².